The fraction of sp³-hybridized carbons (Fsp3) is 0.400. The van der Waals surface area contributed by atoms with Gasteiger partial charge in [0.25, 0.3) is 0 Å². The summed E-state index contributed by atoms with van der Waals surface area (Å²) in [6.07, 6.45) is 4.00. The van der Waals surface area contributed by atoms with E-state index in [0.717, 1.165) is 41.8 Å². The first kappa shape index (κ1) is 22.4. The summed E-state index contributed by atoms with van der Waals surface area (Å²) in [4.78, 5) is 8.05. The summed E-state index contributed by atoms with van der Waals surface area (Å²) < 4.78 is 19.8. The second kappa shape index (κ2) is 9.18. The molecule has 6 rings (SSSR count). The normalized spacial score (nSPS) is 27.2. The maximum atomic E-state index is 9.94. The Morgan fingerprint density at radius 2 is 1.94 bits per heavy atom. The fourth-order valence-corrected chi connectivity index (χ4v) is 5.66. The van der Waals surface area contributed by atoms with Crippen LogP contribution in [0, 0.1) is 0 Å². The van der Waals surface area contributed by atoms with Crippen LogP contribution in [0.2, 0.25) is 5.02 Å². The van der Waals surface area contributed by atoms with Crippen molar-refractivity contribution in [1.29, 1.82) is 0 Å². The second-order valence-electron chi connectivity index (χ2n) is 8.83. The van der Waals surface area contributed by atoms with Crippen LogP contribution in [0.5, 0.6) is 5.88 Å². The van der Waals surface area contributed by atoms with Gasteiger partial charge in [0.1, 0.15) is 18.3 Å². The molecule has 2 aromatic heterocycles. The number of aromatic amines is 1. The lowest BCUT2D eigenvalue weighted by Crippen LogP contribution is -2.34. The predicted molar refractivity (Wildman–Crippen MR) is 134 cm³/mol. The van der Waals surface area contributed by atoms with Crippen LogP contribution in [0.3, 0.4) is 0 Å². The first-order chi connectivity index (χ1) is 16.6. The maximum Gasteiger partial charge on any atom is 0.193 e. The molecule has 2 saturated heterocycles. The van der Waals surface area contributed by atoms with Crippen LogP contribution in [0.25, 0.3) is 27.9 Å². The number of hydrogen-bond donors (Lipinski definition) is 2. The lowest BCUT2D eigenvalue weighted by atomic mass is 9.98. The number of halogens is 1. The van der Waals surface area contributed by atoms with E-state index in [2.05, 4.69) is 45.9 Å². The van der Waals surface area contributed by atoms with Crippen molar-refractivity contribution in [2.24, 2.45) is 0 Å². The van der Waals surface area contributed by atoms with Gasteiger partial charge < -0.3 is 24.3 Å². The second-order valence-corrected chi connectivity index (χ2v) is 10.1. The largest absolute Gasteiger partial charge is 0.470 e. The Bertz CT molecular complexity index is 1230. The number of hydrogen-bond acceptors (Lipinski definition) is 7. The lowest BCUT2D eigenvalue weighted by molar-refractivity contribution is 0.00794. The molecule has 7 nitrogen and oxygen atoms in total. The van der Waals surface area contributed by atoms with Crippen LogP contribution < -0.4 is 4.74 Å². The van der Waals surface area contributed by atoms with Crippen molar-refractivity contribution in [3.8, 4) is 17.1 Å². The zero-order valence-electron chi connectivity index (χ0n) is 18.7. The molecule has 0 bridgehead atoms. The Balaban J connectivity index is 1.21. The minimum atomic E-state index is -0.602. The number of fused-ring (bicyclic) bond motifs is 2. The molecule has 0 amide bonds. The SMILES string of the molecule is CSN1CC=C(c2ccc(-c3nc4cc(O[C@@H]5COC6[C@H](O)CO[C@@H]65)[nH]c4cc3Cl)cc2)CC1. The highest BCUT2D eigenvalue weighted by molar-refractivity contribution is 7.96. The minimum Gasteiger partial charge on any atom is -0.470 e. The summed E-state index contributed by atoms with van der Waals surface area (Å²) in [5, 5.41) is 10.5. The van der Waals surface area contributed by atoms with Gasteiger partial charge in [0.15, 0.2) is 12.0 Å². The fourth-order valence-electron chi connectivity index (χ4n) is 4.90. The summed E-state index contributed by atoms with van der Waals surface area (Å²) in [6, 6.07) is 12.2. The number of benzene rings is 1. The van der Waals surface area contributed by atoms with Gasteiger partial charge in [-0.3, -0.25) is 0 Å². The quantitative estimate of drug-likeness (QED) is 0.510. The molecule has 4 atom stereocenters. The third-order valence-electron chi connectivity index (χ3n) is 6.75. The van der Waals surface area contributed by atoms with Crippen LogP contribution in [0.1, 0.15) is 12.0 Å². The van der Waals surface area contributed by atoms with E-state index in [1.807, 2.05) is 12.1 Å². The van der Waals surface area contributed by atoms with Gasteiger partial charge in [-0.25, -0.2) is 9.29 Å². The third-order valence-corrected chi connectivity index (χ3v) is 7.89. The van der Waals surface area contributed by atoms with Crippen LogP contribution >= 0.6 is 23.5 Å². The number of nitrogens with zero attached hydrogens (tertiary/aromatic N) is 2. The summed E-state index contributed by atoms with van der Waals surface area (Å²) in [6.45, 7) is 2.69. The molecule has 3 aliphatic heterocycles. The standard InChI is InChI=1S/C25H26ClN3O4S/c1-34-29-8-6-15(7-9-29)14-2-4-16(5-3-14)23-17(26)10-18-19(28-23)11-22(27-18)33-21-13-32-24-20(30)12-31-25(21)24/h2-6,10-11,20-21,24-25,27,30H,7-9,12-13H2,1H3/t20-,21-,24?,25-/m1/s1. The highest BCUT2D eigenvalue weighted by atomic mass is 35.5. The average Bonchev–Trinajstić information content (AvgIpc) is 3.55. The molecule has 0 radical (unpaired) electrons. The summed E-state index contributed by atoms with van der Waals surface area (Å²) in [5.74, 6) is 0.578. The van der Waals surface area contributed by atoms with Crippen LogP contribution in [0.4, 0.5) is 0 Å². The molecule has 9 heteroatoms. The number of aliphatic hydroxyl groups excluding tert-OH is 1. The van der Waals surface area contributed by atoms with Crippen molar-refractivity contribution < 1.29 is 19.3 Å². The predicted octanol–water partition coefficient (Wildman–Crippen LogP) is 4.16. The Hall–Kier alpha value is -2.07. The first-order valence-corrected chi connectivity index (χ1v) is 13.0. The molecule has 0 spiro atoms. The van der Waals surface area contributed by atoms with Gasteiger partial charge in [0.05, 0.1) is 35.0 Å². The highest BCUT2D eigenvalue weighted by Gasteiger charge is 2.48. The van der Waals surface area contributed by atoms with E-state index in [-0.39, 0.29) is 24.9 Å². The number of nitrogens with one attached hydrogen (secondary N) is 1. The Morgan fingerprint density at radius 3 is 2.71 bits per heavy atom. The molecule has 0 saturated carbocycles. The molecule has 1 aromatic carbocycles. The number of rotatable bonds is 5. The molecule has 0 aliphatic carbocycles. The van der Waals surface area contributed by atoms with Gasteiger partial charge in [0, 0.05) is 24.7 Å². The van der Waals surface area contributed by atoms with E-state index in [9.17, 15) is 5.11 Å². The Kier molecular flexibility index (Phi) is 6.05. The van der Waals surface area contributed by atoms with Crippen molar-refractivity contribution >= 4 is 40.2 Å². The number of pyridine rings is 1. The van der Waals surface area contributed by atoms with Gasteiger partial charge in [0.2, 0.25) is 0 Å². The smallest absolute Gasteiger partial charge is 0.193 e. The minimum absolute atomic E-state index is 0.268. The van der Waals surface area contributed by atoms with Gasteiger partial charge in [-0.05, 0) is 29.9 Å². The molecule has 2 fully saturated rings. The molecular weight excluding hydrogens is 474 g/mol. The first-order valence-electron chi connectivity index (χ1n) is 11.4. The van der Waals surface area contributed by atoms with E-state index in [4.69, 9.17) is 30.8 Å². The summed E-state index contributed by atoms with van der Waals surface area (Å²) >= 11 is 8.41. The van der Waals surface area contributed by atoms with E-state index in [1.54, 1.807) is 11.9 Å². The van der Waals surface area contributed by atoms with Crippen molar-refractivity contribution in [2.75, 3.05) is 32.6 Å². The molecule has 3 aromatic rings. The molecule has 1 unspecified atom stereocenters. The van der Waals surface area contributed by atoms with E-state index >= 15 is 0 Å². The van der Waals surface area contributed by atoms with Crippen LogP contribution in [0.15, 0.2) is 42.5 Å². The van der Waals surface area contributed by atoms with Crippen LogP contribution in [-0.2, 0) is 9.47 Å². The zero-order valence-corrected chi connectivity index (χ0v) is 20.3. The van der Waals surface area contributed by atoms with Gasteiger partial charge in [-0.1, -0.05) is 53.9 Å². The monoisotopic (exact) mass is 499 g/mol. The lowest BCUT2D eigenvalue weighted by Gasteiger charge is -2.23. The number of H-pyrrole nitrogens is 1. The van der Waals surface area contributed by atoms with E-state index < -0.39 is 6.10 Å². The summed E-state index contributed by atoms with van der Waals surface area (Å²) in [5.41, 5.74) is 5.92. The average molecular weight is 500 g/mol. The van der Waals surface area contributed by atoms with E-state index in [1.165, 1.54) is 11.1 Å². The zero-order chi connectivity index (χ0) is 23.2. The summed E-state index contributed by atoms with van der Waals surface area (Å²) in [7, 11) is 0. The number of aliphatic hydroxyl groups is 1. The van der Waals surface area contributed by atoms with Crippen molar-refractivity contribution in [2.45, 2.75) is 30.8 Å². The third kappa shape index (κ3) is 4.12. The van der Waals surface area contributed by atoms with Crippen molar-refractivity contribution in [3.63, 3.8) is 0 Å². The molecule has 178 valence electrons. The molecule has 2 N–H and O–H groups in total. The maximum absolute atomic E-state index is 9.94. The van der Waals surface area contributed by atoms with E-state index in [0.29, 0.717) is 17.5 Å². The van der Waals surface area contributed by atoms with Crippen molar-refractivity contribution in [3.05, 3.63) is 53.1 Å². The molecular formula is C25H26ClN3O4S. The number of aromatic nitrogens is 2. The molecule has 5 heterocycles. The molecule has 34 heavy (non-hydrogen) atoms. The van der Waals surface area contributed by atoms with Gasteiger partial charge in [-0.15, -0.1) is 0 Å². The van der Waals surface area contributed by atoms with Crippen LogP contribution in [-0.4, -0.2) is 76.4 Å². The highest BCUT2D eigenvalue weighted by Crippen LogP contribution is 2.34. The number of ether oxygens (including phenoxy) is 3. The van der Waals surface area contributed by atoms with Gasteiger partial charge >= 0.3 is 0 Å². The Labute approximate surface area is 207 Å². The van der Waals surface area contributed by atoms with Crippen molar-refractivity contribution in [1.82, 2.24) is 14.3 Å². The molecule has 3 aliphatic rings. The topological polar surface area (TPSA) is 79.8 Å². The Morgan fingerprint density at radius 1 is 1.15 bits per heavy atom. The van der Waals surface area contributed by atoms with Gasteiger partial charge in [-0.2, -0.15) is 0 Å².